The summed E-state index contributed by atoms with van der Waals surface area (Å²) in [7, 11) is 3.81. The van der Waals surface area contributed by atoms with E-state index in [1.165, 1.54) is 0 Å². The first-order valence-corrected chi connectivity index (χ1v) is 2.97. The third-order valence-electron chi connectivity index (χ3n) is 0.874. The molecule has 0 aliphatic carbocycles. The van der Waals surface area contributed by atoms with E-state index in [1.54, 1.807) is 0 Å². The SMILES string of the molecule is CN(C)CCC#CC(=O)[O-]. The largest absolute Gasteiger partial charge is 0.537 e. The Bertz CT molecular complexity index is 164. The zero-order chi connectivity index (χ0) is 7.98. The highest BCUT2D eigenvalue weighted by molar-refractivity contribution is 5.84. The van der Waals surface area contributed by atoms with Crippen LogP contribution in [0, 0.1) is 11.8 Å². The molecular weight excluding hydrogens is 130 g/mol. The minimum absolute atomic E-state index is 0.570. The fourth-order valence-corrected chi connectivity index (χ4v) is 0.414. The molecule has 0 amide bonds. The van der Waals surface area contributed by atoms with Gasteiger partial charge in [-0.15, -0.1) is 0 Å². The van der Waals surface area contributed by atoms with E-state index >= 15 is 0 Å². The van der Waals surface area contributed by atoms with E-state index in [4.69, 9.17) is 0 Å². The van der Waals surface area contributed by atoms with Crippen molar-refractivity contribution in [2.24, 2.45) is 0 Å². The van der Waals surface area contributed by atoms with Crippen molar-refractivity contribution in [1.82, 2.24) is 4.90 Å². The third-order valence-corrected chi connectivity index (χ3v) is 0.874. The summed E-state index contributed by atoms with van der Waals surface area (Å²) in [6.07, 6.45) is 0.570. The molecule has 0 spiro atoms. The van der Waals surface area contributed by atoms with Crippen LogP contribution >= 0.6 is 0 Å². The van der Waals surface area contributed by atoms with Gasteiger partial charge in [0.15, 0.2) is 0 Å². The average molecular weight is 140 g/mol. The fraction of sp³-hybridized carbons (Fsp3) is 0.571. The molecule has 0 saturated heterocycles. The molecule has 10 heavy (non-hydrogen) atoms. The van der Waals surface area contributed by atoms with Crippen LogP contribution in [0.4, 0.5) is 0 Å². The molecule has 0 aliphatic rings. The molecule has 3 nitrogen and oxygen atoms in total. The number of nitrogens with zero attached hydrogens (tertiary/aromatic N) is 1. The Morgan fingerprint density at radius 3 is 2.60 bits per heavy atom. The van der Waals surface area contributed by atoms with E-state index in [0.29, 0.717) is 6.42 Å². The number of carboxylic acids is 1. The molecule has 0 N–H and O–H groups in total. The van der Waals surface area contributed by atoms with Crippen LogP contribution in [-0.2, 0) is 4.79 Å². The average Bonchev–Trinajstić information content (AvgIpc) is 1.79. The topological polar surface area (TPSA) is 43.4 Å². The first-order valence-electron chi connectivity index (χ1n) is 2.97. The first-order chi connectivity index (χ1) is 4.63. The van der Waals surface area contributed by atoms with Gasteiger partial charge in [-0.05, 0) is 20.0 Å². The summed E-state index contributed by atoms with van der Waals surface area (Å²) < 4.78 is 0. The molecule has 0 bridgehead atoms. The zero-order valence-corrected chi connectivity index (χ0v) is 6.18. The van der Waals surface area contributed by atoms with E-state index in [0.717, 1.165) is 6.54 Å². The quantitative estimate of drug-likeness (QED) is 0.447. The highest BCUT2D eigenvalue weighted by atomic mass is 16.4. The van der Waals surface area contributed by atoms with Gasteiger partial charge < -0.3 is 14.8 Å². The maximum Gasteiger partial charge on any atom is 0.116 e. The second-order valence-electron chi connectivity index (χ2n) is 2.14. The molecule has 0 aliphatic heterocycles. The highest BCUT2D eigenvalue weighted by Gasteiger charge is 1.83. The number of carbonyl (C=O) groups excluding carboxylic acids is 1. The van der Waals surface area contributed by atoms with Crippen LogP contribution < -0.4 is 5.11 Å². The Kier molecular flexibility index (Phi) is 4.34. The highest BCUT2D eigenvalue weighted by Crippen LogP contribution is 1.78. The standard InChI is InChI=1S/C7H11NO2/c1-8(2)6-4-3-5-7(9)10/h4,6H2,1-2H3,(H,9,10)/p-1. The van der Waals surface area contributed by atoms with Gasteiger partial charge >= 0.3 is 0 Å². The van der Waals surface area contributed by atoms with Crippen molar-refractivity contribution in [3.05, 3.63) is 0 Å². The van der Waals surface area contributed by atoms with Crippen LogP contribution in [0.1, 0.15) is 6.42 Å². The number of hydrogen-bond acceptors (Lipinski definition) is 3. The van der Waals surface area contributed by atoms with Gasteiger partial charge in [0.05, 0.1) is 0 Å². The van der Waals surface area contributed by atoms with Crippen LogP contribution in [0.5, 0.6) is 0 Å². The minimum atomic E-state index is -1.31. The predicted molar refractivity (Wildman–Crippen MR) is 36.0 cm³/mol. The maximum absolute atomic E-state index is 9.75. The van der Waals surface area contributed by atoms with Crippen molar-refractivity contribution in [1.29, 1.82) is 0 Å². The maximum atomic E-state index is 9.75. The summed E-state index contributed by atoms with van der Waals surface area (Å²) in [6, 6.07) is 0. The van der Waals surface area contributed by atoms with Gasteiger partial charge in [0.2, 0.25) is 0 Å². The molecular formula is C7H10NO2-. The van der Waals surface area contributed by atoms with Gasteiger partial charge in [-0.3, -0.25) is 0 Å². The van der Waals surface area contributed by atoms with Gasteiger partial charge in [-0.2, -0.15) is 0 Å². The van der Waals surface area contributed by atoms with Crippen molar-refractivity contribution in [3.63, 3.8) is 0 Å². The van der Waals surface area contributed by atoms with E-state index in [9.17, 15) is 9.90 Å². The zero-order valence-electron chi connectivity index (χ0n) is 6.18. The van der Waals surface area contributed by atoms with Gasteiger partial charge in [-0.25, -0.2) is 0 Å². The molecule has 0 saturated carbocycles. The molecule has 0 aromatic carbocycles. The van der Waals surface area contributed by atoms with Crippen molar-refractivity contribution in [3.8, 4) is 11.8 Å². The Balaban J connectivity index is 3.38. The third kappa shape index (κ3) is 6.99. The molecule has 0 radical (unpaired) electrons. The number of aliphatic carboxylic acids is 1. The normalized spacial score (nSPS) is 8.70. The van der Waals surface area contributed by atoms with E-state index in [2.05, 4.69) is 5.92 Å². The Labute approximate surface area is 60.6 Å². The van der Waals surface area contributed by atoms with Crippen molar-refractivity contribution in [2.75, 3.05) is 20.6 Å². The molecule has 0 heterocycles. The number of hydrogen-bond donors (Lipinski definition) is 0. The van der Waals surface area contributed by atoms with Crippen molar-refractivity contribution >= 4 is 5.97 Å². The lowest BCUT2D eigenvalue weighted by Crippen LogP contribution is -2.19. The summed E-state index contributed by atoms with van der Waals surface area (Å²) in [5.41, 5.74) is 0. The van der Waals surface area contributed by atoms with Crippen LogP contribution in [0.3, 0.4) is 0 Å². The summed E-state index contributed by atoms with van der Waals surface area (Å²) in [4.78, 5) is 11.7. The Hall–Kier alpha value is -1.01. The lowest BCUT2D eigenvalue weighted by atomic mass is 10.4. The Morgan fingerprint density at radius 2 is 2.20 bits per heavy atom. The summed E-state index contributed by atoms with van der Waals surface area (Å²) in [5, 5.41) is 9.75. The van der Waals surface area contributed by atoms with E-state index in [-0.39, 0.29) is 0 Å². The number of carbonyl (C=O) groups is 1. The number of carboxylic acid groups (broad SMARTS) is 1. The molecule has 3 heteroatoms. The summed E-state index contributed by atoms with van der Waals surface area (Å²) in [5.74, 6) is 3.09. The van der Waals surface area contributed by atoms with Gasteiger partial charge in [0.25, 0.3) is 0 Å². The smallest absolute Gasteiger partial charge is 0.116 e. The predicted octanol–water partition coefficient (Wildman–Crippen LogP) is -1.31. The monoisotopic (exact) mass is 140 g/mol. The molecule has 0 aromatic heterocycles. The van der Waals surface area contributed by atoms with E-state index in [1.807, 2.05) is 24.9 Å². The van der Waals surface area contributed by atoms with Crippen LogP contribution in [-0.4, -0.2) is 31.5 Å². The molecule has 56 valence electrons. The van der Waals surface area contributed by atoms with E-state index < -0.39 is 5.97 Å². The fourth-order valence-electron chi connectivity index (χ4n) is 0.414. The second-order valence-corrected chi connectivity index (χ2v) is 2.14. The Morgan fingerprint density at radius 1 is 1.60 bits per heavy atom. The van der Waals surface area contributed by atoms with Crippen molar-refractivity contribution < 1.29 is 9.90 Å². The molecule has 0 atom stereocenters. The second kappa shape index (κ2) is 4.83. The van der Waals surface area contributed by atoms with Gasteiger partial charge in [-0.1, -0.05) is 5.92 Å². The molecule has 0 aromatic rings. The minimum Gasteiger partial charge on any atom is -0.537 e. The summed E-state index contributed by atoms with van der Waals surface area (Å²) in [6.45, 7) is 0.778. The van der Waals surface area contributed by atoms with Crippen LogP contribution in [0.15, 0.2) is 0 Å². The van der Waals surface area contributed by atoms with Gasteiger partial charge in [0, 0.05) is 13.0 Å². The first kappa shape index (κ1) is 8.99. The lowest BCUT2D eigenvalue weighted by Gasteiger charge is -2.03. The van der Waals surface area contributed by atoms with Crippen LogP contribution in [0.25, 0.3) is 0 Å². The van der Waals surface area contributed by atoms with Crippen LogP contribution in [0.2, 0.25) is 0 Å². The lowest BCUT2D eigenvalue weighted by molar-refractivity contribution is -0.295. The summed E-state index contributed by atoms with van der Waals surface area (Å²) >= 11 is 0. The molecule has 0 unspecified atom stereocenters. The van der Waals surface area contributed by atoms with Gasteiger partial charge in [0.1, 0.15) is 5.97 Å². The molecule has 0 fully saturated rings. The number of rotatable bonds is 2. The van der Waals surface area contributed by atoms with Crippen molar-refractivity contribution in [2.45, 2.75) is 6.42 Å². The molecule has 0 rings (SSSR count).